The normalized spacial score (nSPS) is 19.4. The molecule has 6 heteroatoms. The second kappa shape index (κ2) is 5.61. The summed E-state index contributed by atoms with van der Waals surface area (Å²) in [5.41, 5.74) is -0.615. The van der Waals surface area contributed by atoms with Crippen molar-refractivity contribution in [2.24, 2.45) is 0 Å². The largest absolute Gasteiger partial charge is 0.416 e. The molecule has 1 aromatic rings. The van der Waals surface area contributed by atoms with Gasteiger partial charge in [0.1, 0.15) is 0 Å². The van der Waals surface area contributed by atoms with Crippen molar-refractivity contribution in [1.29, 1.82) is 0 Å². The summed E-state index contributed by atoms with van der Waals surface area (Å²) < 4.78 is 38.2. The van der Waals surface area contributed by atoms with Crippen LogP contribution in [-0.2, 0) is 17.5 Å². The van der Waals surface area contributed by atoms with Gasteiger partial charge in [0.25, 0.3) is 0 Å². The molecule has 1 heterocycles. The van der Waals surface area contributed by atoms with E-state index in [1.54, 1.807) is 0 Å². The Bertz CT molecular complexity index is 453. The SMILES string of the molecule is O=C(NCc1ccccc1C(F)(F)F)[C@@H]1CCCN1. The highest BCUT2D eigenvalue weighted by Gasteiger charge is 2.33. The molecular weight excluding hydrogens is 257 g/mol. The molecule has 2 N–H and O–H groups in total. The molecule has 1 atom stereocenters. The summed E-state index contributed by atoms with van der Waals surface area (Å²) in [5, 5.41) is 5.56. The molecule has 0 aromatic heterocycles. The van der Waals surface area contributed by atoms with Crippen molar-refractivity contribution >= 4 is 5.91 Å². The van der Waals surface area contributed by atoms with Crippen LogP contribution in [0.25, 0.3) is 0 Å². The van der Waals surface area contributed by atoms with Crippen LogP contribution in [0.3, 0.4) is 0 Å². The molecule has 0 unspecified atom stereocenters. The predicted octanol–water partition coefficient (Wildman–Crippen LogP) is 2.07. The molecule has 0 saturated carbocycles. The molecule has 1 aliphatic heterocycles. The fourth-order valence-electron chi connectivity index (χ4n) is 2.16. The molecule has 3 nitrogen and oxygen atoms in total. The number of nitrogens with one attached hydrogen (secondary N) is 2. The lowest BCUT2D eigenvalue weighted by molar-refractivity contribution is -0.138. The van der Waals surface area contributed by atoms with E-state index in [1.807, 2.05) is 0 Å². The van der Waals surface area contributed by atoms with Gasteiger partial charge >= 0.3 is 6.18 Å². The third kappa shape index (κ3) is 3.47. The number of carbonyl (C=O) groups is 1. The van der Waals surface area contributed by atoms with E-state index in [0.717, 1.165) is 25.5 Å². The maximum absolute atomic E-state index is 12.7. The van der Waals surface area contributed by atoms with Crippen molar-refractivity contribution in [1.82, 2.24) is 10.6 Å². The van der Waals surface area contributed by atoms with Crippen molar-refractivity contribution in [2.45, 2.75) is 31.6 Å². The van der Waals surface area contributed by atoms with Gasteiger partial charge in [-0.3, -0.25) is 4.79 Å². The van der Waals surface area contributed by atoms with Gasteiger partial charge in [-0.25, -0.2) is 0 Å². The Morgan fingerprint density at radius 1 is 1.37 bits per heavy atom. The summed E-state index contributed by atoms with van der Waals surface area (Å²) >= 11 is 0. The number of carbonyl (C=O) groups excluding carboxylic acids is 1. The Morgan fingerprint density at radius 2 is 2.11 bits per heavy atom. The average Bonchev–Trinajstić information content (AvgIpc) is 2.89. The zero-order valence-electron chi connectivity index (χ0n) is 10.3. The van der Waals surface area contributed by atoms with E-state index in [0.29, 0.717) is 0 Å². The van der Waals surface area contributed by atoms with Gasteiger partial charge in [0.15, 0.2) is 0 Å². The Kier molecular flexibility index (Phi) is 4.09. The molecule has 1 fully saturated rings. The minimum atomic E-state index is -4.40. The first-order chi connectivity index (χ1) is 8.98. The molecule has 104 valence electrons. The van der Waals surface area contributed by atoms with Crippen molar-refractivity contribution in [3.05, 3.63) is 35.4 Å². The number of hydrogen-bond donors (Lipinski definition) is 2. The second-order valence-corrected chi connectivity index (χ2v) is 4.52. The summed E-state index contributed by atoms with van der Waals surface area (Å²) in [4.78, 5) is 11.7. The summed E-state index contributed by atoms with van der Waals surface area (Å²) in [5.74, 6) is -0.241. The minimum absolute atomic E-state index is 0.0846. The number of alkyl halides is 3. The molecule has 0 radical (unpaired) electrons. The van der Waals surface area contributed by atoms with Crippen LogP contribution in [0, 0.1) is 0 Å². The van der Waals surface area contributed by atoms with Crippen LogP contribution in [0.5, 0.6) is 0 Å². The van der Waals surface area contributed by atoms with E-state index < -0.39 is 11.7 Å². The third-order valence-electron chi connectivity index (χ3n) is 3.15. The Labute approximate surface area is 109 Å². The lowest BCUT2D eigenvalue weighted by atomic mass is 10.1. The van der Waals surface area contributed by atoms with Crippen LogP contribution in [0.1, 0.15) is 24.0 Å². The zero-order valence-corrected chi connectivity index (χ0v) is 10.3. The van der Waals surface area contributed by atoms with Gasteiger partial charge in [0, 0.05) is 6.54 Å². The van der Waals surface area contributed by atoms with Crippen LogP contribution in [-0.4, -0.2) is 18.5 Å². The van der Waals surface area contributed by atoms with Crippen LogP contribution in [0.2, 0.25) is 0 Å². The first kappa shape index (κ1) is 13.9. The third-order valence-corrected chi connectivity index (χ3v) is 3.15. The highest BCUT2D eigenvalue weighted by Crippen LogP contribution is 2.31. The highest BCUT2D eigenvalue weighted by molar-refractivity contribution is 5.82. The van der Waals surface area contributed by atoms with Crippen LogP contribution in [0.15, 0.2) is 24.3 Å². The van der Waals surface area contributed by atoms with Gasteiger partial charge in [-0.05, 0) is 31.0 Å². The van der Waals surface area contributed by atoms with Gasteiger partial charge in [-0.1, -0.05) is 18.2 Å². The standard InChI is InChI=1S/C13H15F3N2O/c14-13(15,16)10-5-2-1-4-9(10)8-18-12(19)11-6-3-7-17-11/h1-2,4-5,11,17H,3,6-8H2,(H,18,19)/t11-/m0/s1. The number of rotatable bonds is 3. The average molecular weight is 272 g/mol. The number of amides is 1. The molecule has 2 rings (SSSR count). The topological polar surface area (TPSA) is 41.1 Å². The maximum Gasteiger partial charge on any atom is 0.416 e. The van der Waals surface area contributed by atoms with E-state index in [1.165, 1.54) is 18.2 Å². The fraction of sp³-hybridized carbons (Fsp3) is 0.462. The molecule has 1 aromatic carbocycles. The van der Waals surface area contributed by atoms with E-state index >= 15 is 0 Å². The number of hydrogen-bond acceptors (Lipinski definition) is 2. The second-order valence-electron chi connectivity index (χ2n) is 4.52. The first-order valence-electron chi connectivity index (χ1n) is 6.14. The van der Waals surface area contributed by atoms with Crippen molar-refractivity contribution in [3.63, 3.8) is 0 Å². The Hall–Kier alpha value is -1.56. The van der Waals surface area contributed by atoms with Gasteiger partial charge in [0.2, 0.25) is 5.91 Å². The minimum Gasteiger partial charge on any atom is -0.351 e. The summed E-state index contributed by atoms with van der Waals surface area (Å²) in [6.45, 7) is 0.671. The van der Waals surface area contributed by atoms with Gasteiger partial charge in [-0.2, -0.15) is 13.2 Å². The van der Waals surface area contributed by atoms with Gasteiger partial charge in [0.05, 0.1) is 11.6 Å². The quantitative estimate of drug-likeness (QED) is 0.884. The van der Waals surface area contributed by atoms with Crippen molar-refractivity contribution < 1.29 is 18.0 Å². The van der Waals surface area contributed by atoms with Crippen LogP contribution >= 0.6 is 0 Å². The summed E-state index contributed by atoms with van der Waals surface area (Å²) in [7, 11) is 0. The lowest BCUT2D eigenvalue weighted by Crippen LogP contribution is -2.40. The van der Waals surface area contributed by atoms with E-state index in [4.69, 9.17) is 0 Å². The molecular formula is C13H15F3N2O. The molecule has 1 aliphatic rings. The number of halogens is 3. The van der Waals surface area contributed by atoms with Crippen molar-refractivity contribution in [3.8, 4) is 0 Å². The first-order valence-corrected chi connectivity index (χ1v) is 6.14. The van der Waals surface area contributed by atoms with Crippen molar-refractivity contribution in [2.75, 3.05) is 6.54 Å². The molecule has 0 bridgehead atoms. The Morgan fingerprint density at radius 3 is 2.74 bits per heavy atom. The maximum atomic E-state index is 12.7. The van der Waals surface area contributed by atoms with Gasteiger partial charge < -0.3 is 10.6 Å². The lowest BCUT2D eigenvalue weighted by Gasteiger charge is -2.15. The molecule has 0 spiro atoms. The predicted molar refractivity (Wildman–Crippen MR) is 64.3 cm³/mol. The highest BCUT2D eigenvalue weighted by atomic mass is 19.4. The molecule has 1 saturated heterocycles. The van der Waals surface area contributed by atoms with E-state index in [2.05, 4.69) is 10.6 Å². The van der Waals surface area contributed by atoms with Crippen LogP contribution in [0.4, 0.5) is 13.2 Å². The Balaban J connectivity index is 2.01. The molecule has 1 amide bonds. The molecule has 19 heavy (non-hydrogen) atoms. The smallest absolute Gasteiger partial charge is 0.351 e. The summed E-state index contributed by atoms with van der Waals surface area (Å²) in [6.07, 6.45) is -2.75. The number of benzene rings is 1. The monoisotopic (exact) mass is 272 g/mol. The summed E-state index contributed by atoms with van der Waals surface area (Å²) in [6, 6.07) is 5.00. The van der Waals surface area contributed by atoms with E-state index in [9.17, 15) is 18.0 Å². The fourth-order valence-corrected chi connectivity index (χ4v) is 2.16. The van der Waals surface area contributed by atoms with E-state index in [-0.39, 0.29) is 24.1 Å². The van der Waals surface area contributed by atoms with Gasteiger partial charge in [-0.15, -0.1) is 0 Å². The zero-order chi connectivity index (χ0) is 13.9. The molecule has 0 aliphatic carbocycles. The van der Waals surface area contributed by atoms with Crippen LogP contribution < -0.4 is 10.6 Å².